The topological polar surface area (TPSA) is 44.8 Å². The molecular weight excluding hydrogens is 208 g/mol. The number of carbonyl (C=O) groups is 1. The van der Waals surface area contributed by atoms with Gasteiger partial charge in [-0.05, 0) is 30.8 Å². The van der Waals surface area contributed by atoms with Gasteiger partial charge < -0.3 is 14.2 Å². The lowest BCUT2D eigenvalue weighted by Crippen LogP contribution is -2.34. The van der Waals surface area contributed by atoms with Crippen LogP contribution in [0.5, 0.6) is 0 Å². The van der Waals surface area contributed by atoms with Crippen molar-refractivity contribution < 1.29 is 19.0 Å². The van der Waals surface area contributed by atoms with E-state index in [-0.39, 0.29) is 18.4 Å². The first kappa shape index (κ1) is 10.3. The minimum Gasteiger partial charge on any atom is -0.433 e. The Bertz CT molecular complexity index is 336. The summed E-state index contributed by atoms with van der Waals surface area (Å²) in [6.45, 7) is 1.40. The molecule has 3 rings (SSSR count). The third-order valence-corrected chi connectivity index (χ3v) is 3.53. The fraction of sp³-hybridized carbons (Fsp3) is 0.750. The molecule has 4 nitrogen and oxygen atoms in total. The Kier molecular flexibility index (Phi) is 2.48. The summed E-state index contributed by atoms with van der Waals surface area (Å²) in [5.41, 5.74) is 1.28. The first-order valence-corrected chi connectivity index (χ1v) is 5.92. The Morgan fingerprint density at radius 3 is 3.19 bits per heavy atom. The molecule has 2 bridgehead atoms. The van der Waals surface area contributed by atoms with E-state index in [4.69, 9.17) is 14.2 Å². The van der Waals surface area contributed by atoms with Crippen LogP contribution < -0.4 is 0 Å². The van der Waals surface area contributed by atoms with Gasteiger partial charge in [0.1, 0.15) is 6.10 Å². The molecule has 2 heterocycles. The molecule has 4 atom stereocenters. The van der Waals surface area contributed by atoms with Crippen molar-refractivity contribution >= 4 is 5.97 Å². The quantitative estimate of drug-likeness (QED) is 0.503. The predicted octanol–water partition coefficient (Wildman–Crippen LogP) is 1.75. The van der Waals surface area contributed by atoms with Crippen LogP contribution in [0.25, 0.3) is 0 Å². The molecule has 0 aromatic heterocycles. The van der Waals surface area contributed by atoms with Gasteiger partial charge in [0.15, 0.2) is 6.29 Å². The minimum absolute atomic E-state index is 0.159. The molecule has 88 valence electrons. The number of ether oxygens (including phenoxy) is 3. The maximum atomic E-state index is 11.0. The van der Waals surface area contributed by atoms with E-state index < -0.39 is 6.29 Å². The summed E-state index contributed by atoms with van der Waals surface area (Å²) in [7, 11) is 0. The minimum atomic E-state index is -0.531. The summed E-state index contributed by atoms with van der Waals surface area (Å²) in [5.74, 6) is 0.257. The maximum absolute atomic E-state index is 11.0. The number of fused-ring (bicyclic) bond motifs is 4. The second kappa shape index (κ2) is 3.86. The largest absolute Gasteiger partial charge is 0.433 e. The third kappa shape index (κ3) is 1.66. The van der Waals surface area contributed by atoms with Crippen molar-refractivity contribution in [2.75, 3.05) is 0 Å². The molecule has 0 spiro atoms. The summed E-state index contributed by atoms with van der Waals surface area (Å²) >= 11 is 0. The Morgan fingerprint density at radius 1 is 1.50 bits per heavy atom. The molecule has 0 unspecified atom stereocenters. The van der Waals surface area contributed by atoms with E-state index in [9.17, 15) is 4.79 Å². The van der Waals surface area contributed by atoms with Crippen LogP contribution >= 0.6 is 0 Å². The van der Waals surface area contributed by atoms with E-state index in [0.29, 0.717) is 5.92 Å². The number of esters is 1. The zero-order chi connectivity index (χ0) is 11.1. The Morgan fingerprint density at radius 2 is 2.38 bits per heavy atom. The van der Waals surface area contributed by atoms with Gasteiger partial charge in [-0.15, -0.1) is 0 Å². The molecule has 16 heavy (non-hydrogen) atoms. The predicted molar refractivity (Wildman–Crippen MR) is 55.3 cm³/mol. The first-order chi connectivity index (χ1) is 7.74. The Balaban J connectivity index is 1.82. The van der Waals surface area contributed by atoms with Gasteiger partial charge in [0, 0.05) is 13.3 Å². The van der Waals surface area contributed by atoms with Gasteiger partial charge in [-0.3, -0.25) is 4.79 Å². The van der Waals surface area contributed by atoms with E-state index in [1.54, 1.807) is 0 Å². The molecule has 1 aliphatic carbocycles. The zero-order valence-electron chi connectivity index (χ0n) is 9.35. The molecule has 2 saturated heterocycles. The van der Waals surface area contributed by atoms with E-state index in [2.05, 4.69) is 6.08 Å². The van der Waals surface area contributed by atoms with Crippen LogP contribution in [0.4, 0.5) is 0 Å². The van der Waals surface area contributed by atoms with Crippen molar-refractivity contribution in [2.24, 2.45) is 5.92 Å². The van der Waals surface area contributed by atoms with Gasteiger partial charge in [-0.2, -0.15) is 0 Å². The highest BCUT2D eigenvalue weighted by atomic mass is 16.8. The van der Waals surface area contributed by atoms with E-state index in [0.717, 1.165) is 12.8 Å². The summed E-state index contributed by atoms with van der Waals surface area (Å²) in [6.07, 6.45) is 5.81. The van der Waals surface area contributed by atoms with Crippen LogP contribution in [0.15, 0.2) is 11.6 Å². The summed E-state index contributed by atoms with van der Waals surface area (Å²) < 4.78 is 16.4. The smallest absolute Gasteiger partial charge is 0.305 e. The lowest BCUT2D eigenvalue weighted by atomic mass is 9.81. The van der Waals surface area contributed by atoms with Crippen LogP contribution in [0.1, 0.15) is 32.6 Å². The number of hydrogen-bond donors (Lipinski definition) is 0. The molecule has 0 amide bonds. The highest BCUT2D eigenvalue weighted by molar-refractivity contribution is 5.66. The van der Waals surface area contributed by atoms with Crippen LogP contribution in [0, 0.1) is 5.92 Å². The molecule has 0 radical (unpaired) electrons. The molecule has 2 aliphatic heterocycles. The average Bonchev–Trinajstić information content (AvgIpc) is 2.56. The van der Waals surface area contributed by atoms with Crippen molar-refractivity contribution in [3.63, 3.8) is 0 Å². The van der Waals surface area contributed by atoms with Crippen molar-refractivity contribution in [3.8, 4) is 0 Å². The van der Waals surface area contributed by atoms with Gasteiger partial charge in [0.25, 0.3) is 0 Å². The second-order valence-electron chi connectivity index (χ2n) is 4.67. The van der Waals surface area contributed by atoms with Crippen LogP contribution in [0.2, 0.25) is 0 Å². The molecule has 4 heteroatoms. The zero-order valence-corrected chi connectivity index (χ0v) is 9.35. The molecular formula is C12H16O4. The number of allylic oxidation sites excluding steroid dienone is 1. The molecule has 0 N–H and O–H groups in total. The van der Waals surface area contributed by atoms with E-state index >= 15 is 0 Å². The van der Waals surface area contributed by atoms with Crippen molar-refractivity contribution in [3.05, 3.63) is 11.6 Å². The van der Waals surface area contributed by atoms with Crippen LogP contribution in [0.3, 0.4) is 0 Å². The highest BCUT2D eigenvalue weighted by Crippen LogP contribution is 2.43. The monoisotopic (exact) mass is 224 g/mol. The summed E-state index contributed by atoms with van der Waals surface area (Å²) in [5, 5.41) is 0. The third-order valence-electron chi connectivity index (χ3n) is 3.53. The molecule has 0 aromatic rings. The highest BCUT2D eigenvalue weighted by Gasteiger charge is 2.48. The standard InChI is InChI=1S/C12H16O4/c1-7(13)14-12-11-9-5-3-2-4-8(9)6-10(15-11)16-12/h5,8,10-12H,2-4,6H2,1H3/t8-,10-,11-,12-/m0/s1. The summed E-state index contributed by atoms with van der Waals surface area (Å²) in [6, 6.07) is 0. The fourth-order valence-electron chi connectivity index (χ4n) is 2.88. The SMILES string of the molecule is CC(=O)O[C@H]1O[C@H]2C[C@@H]3CCCC=C3[C@@H]1O2. The lowest BCUT2D eigenvalue weighted by Gasteiger charge is -2.32. The van der Waals surface area contributed by atoms with Crippen molar-refractivity contribution in [1.82, 2.24) is 0 Å². The first-order valence-electron chi connectivity index (χ1n) is 5.92. The van der Waals surface area contributed by atoms with Gasteiger partial charge in [-0.25, -0.2) is 0 Å². The fourth-order valence-corrected chi connectivity index (χ4v) is 2.88. The van der Waals surface area contributed by atoms with Gasteiger partial charge in [0.05, 0.1) is 0 Å². The normalized spacial score (nSPS) is 41.2. The maximum Gasteiger partial charge on any atom is 0.305 e. The van der Waals surface area contributed by atoms with Gasteiger partial charge in [0.2, 0.25) is 6.29 Å². The van der Waals surface area contributed by atoms with Crippen molar-refractivity contribution in [1.29, 1.82) is 0 Å². The van der Waals surface area contributed by atoms with Gasteiger partial charge in [-0.1, -0.05) is 6.08 Å². The van der Waals surface area contributed by atoms with E-state index in [1.165, 1.54) is 25.3 Å². The van der Waals surface area contributed by atoms with Crippen LogP contribution in [-0.2, 0) is 19.0 Å². The molecule has 0 saturated carbocycles. The molecule has 2 fully saturated rings. The van der Waals surface area contributed by atoms with E-state index in [1.807, 2.05) is 0 Å². The molecule has 0 aromatic carbocycles. The number of carbonyl (C=O) groups excluding carboxylic acids is 1. The second-order valence-corrected chi connectivity index (χ2v) is 4.67. The Labute approximate surface area is 94.5 Å². The Hall–Kier alpha value is -0.870. The van der Waals surface area contributed by atoms with Gasteiger partial charge >= 0.3 is 5.97 Å². The van der Waals surface area contributed by atoms with Crippen molar-refractivity contribution in [2.45, 2.75) is 51.3 Å². The number of hydrogen-bond acceptors (Lipinski definition) is 4. The number of rotatable bonds is 1. The average molecular weight is 224 g/mol. The summed E-state index contributed by atoms with van der Waals surface area (Å²) in [4.78, 5) is 11.0. The lowest BCUT2D eigenvalue weighted by molar-refractivity contribution is -0.174. The molecule has 3 aliphatic rings. The van der Waals surface area contributed by atoms with Crippen LogP contribution in [-0.4, -0.2) is 24.7 Å².